The monoisotopic (exact) mass is 359 g/mol. The number of benzene rings is 1. The lowest BCUT2D eigenvalue weighted by Gasteiger charge is -2.40. The lowest BCUT2D eigenvalue weighted by atomic mass is 10.00. The van der Waals surface area contributed by atoms with Gasteiger partial charge >= 0.3 is 0 Å². The summed E-state index contributed by atoms with van der Waals surface area (Å²) in [5, 5.41) is 3.12. The molecule has 0 aliphatic carbocycles. The molecule has 0 heterocycles. The molecular formula is C21H33NO2Si. The Morgan fingerprint density at radius 1 is 1.24 bits per heavy atom. The summed E-state index contributed by atoms with van der Waals surface area (Å²) in [7, 11) is -1.95. The summed E-state index contributed by atoms with van der Waals surface area (Å²) >= 11 is 0. The maximum Gasteiger partial charge on any atom is 0.243 e. The van der Waals surface area contributed by atoms with E-state index in [-0.39, 0.29) is 23.1 Å². The first kappa shape index (κ1) is 21.4. The molecule has 0 aliphatic heterocycles. The van der Waals surface area contributed by atoms with Crippen LogP contribution in [0.1, 0.15) is 45.3 Å². The van der Waals surface area contributed by atoms with Gasteiger partial charge in [-0.05, 0) is 42.6 Å². The number of carbonyl (C=O) groups is 1. The molecule has 1 amide bonds. The van der Waals surface area contributed by atoms with Crippen molar-refractivity contribution in [3.05, 3.63) is 61.2 Å². The van der Waals surface area contributed by atoms with Crippen LogP contribution in [0.2, 0.25) is 18.1 Å². The third-order valence-corrected chi connectivity index (χ3v) is 9.38. The van der Waals surface area contributed by atoms with Crippen molar-refractivity contribution in [3.63, 3.8) is 0 Å². The first-order chi connectivity index (χ1) is 11.6. The summed E-state index contributed by atoms with van der Waals surface area (Å²) in [6.07, 6.45) is 4.49. The Morgan fingerprint density at radius 2 is 1.84 bits per heavy atom. The number of hydrogen-bond acceptors (Lipinski definition) is 2. The molecule has 0 radical (unpaired) electrons. The molecule has 1 rings (SSSR count). The SMILES string of the molecule is C=CC[C@@H](C[C@@H](O[Si](C)(C)C(C)(C)C)c1ccccc1)NC(=O)C=C. The van der Waals surface area contributed by atoms with Gasteiger partial charge in [0.05, 0.1) is 6.10 Å². The second-order valence-corrected chi connectivity index (χ2v) is 12.7. The fourth-order valence-corrected chi connectivity index (χ4v) is 3.68. The van der Waals surface area contributed by atoms with E-state index in [2.05, 4.69) is 64.5 Å². The van der Waals surface area contributed by atoms with Gasteiger partial charge in [-0.2, -0.15) is 0 Å². The molecule has 4 heteroatoms. The maximum atomic E-state index is 11.8. The number of carbonyl (C=O) groups excluding carboxylic acids is 1. The van der Waals surface area contributed by atoms with Crippen LogP contribution in [0.3, 0.4) is 0 Å². The molecule has 138 valence electrons. The zero-order valence-corrected chi connectivity index (χ0v) is 17.3. The average molecular weight is 360 g/mol. The highest BCUT2D eigenvalue weighted by molar-refractivity contribution is 6.74. The minimum absolute atomic E-state index is 0.0297. The molecule has 1 N–H and O–H groups in total. The first-order valence-corrected chi connectivity index (χ1v) is 11.8. The van der Waals surface area contributed by atoms with Crippen LogP contribution in [0.15, 0.2) is 55.6 Å². The van der Waals surface area contributed by atoms with Gasteiger partial charge < -0.3 is 9.74 Å². The molecular weight excluding hydrogens is 326 g/mol. The van der Waals surface area contributed by atoms with Crippen molar-refractivity contribution in [1.29, 1.82) is 0 Å². The topological polar surface area (TPSA) is 38.3 Å². The van der Waals surface area contributed by atoms with Crippen LogP contribution in [-0.4, -0.2) is 20.3 Å². The molecule has 0 unspecified atom stereocenters. The van der Waals surface area contributed by atoms with Crippen LogP contribution in [0.5, 0.6) is 0 Å². The minimum atomic E-state index is -1.95. The van der Waals surface area contributed by atoms with Gasteiger partial charge in [0.25, 0.3) is 0 Å². The van der Waals surface area contributed by atoms with Crippen LogP contribution < -0.4 is 5.32 Å². The highest BCUT2D eigenvalue weighted by Crippen LogP contribution is 2.40. The van der Waals surface area contributed by atoms with Crippen LogP contribution in [0.25, 0.3) is 0 Å². The summed E-state index contributed by atoms with van der Waals surface area (Å²) in [6, 6.07) is 10.2. The van der Waals surface area contributed by atoms with E-state index >= 15 is 0 Å². The Kier molecular flexibility index (Phi) is 7.84. The molecule has 0 saturated carbocycles. The Hall–Kier alpha value is -1.65. The van der Waals surface area contributed by atoms with Gasteiger partial charge in [0.2, 0.25) is 5.91 Å². The largest absolute Gasteiger partial charge is 0.410 e. The fraction of sp³-hybridized carbons (Fsp3) is 0.476. The third kappa shape index (κ3) is 6.63. The maximum absolute atomic E-state index is 11.8. The zero-order chi connectivity index (χ0) is 19.1. The number of amides is 1. The summed E-state index contributed by atoms with van der Waals surface area (Å²) in [5.74, 6) is -0.161. The van der Waals surface area contributed by atoms with Gasteiger partial charge in [-0.25, -0.2) is 0 Å². The average Bonchev–Trinajstić information content (AvgIpc) is 2.53. The fourth-order valence-electron chi connectivity index (χ4n) is 2.39. The number of hydrogen-bond donors (Lipinski definition) is 1. The molecule has 1 aromatic carbocycles. The van der Waals surface area contributed by atoms with Crippen LogP contribution >= 0.6 is 0 Å². The molecule has 2 atom stereocenters. The Morgan fingerprint density at radius 3 is 2.32 bits per heavy atom. The summed E-state index contributed by atoms with van der Waals surface area (Å²) in [6.45, 7) is 18.6. The van der Waals surface area contributed by atoms with Crippen LogP contribution in [0.4, 0.5) is 0 Å². The van der Waals surface area contributed by atoms with E-state index in [0.29, 0.717) is 12.8 Å². The Labute approximate surface area is 154 Å². The van der Waals surface area contributed by atoms with E-state index in [9.17, 15) is 4.79 Å². The second-order valence-electron chi connectivity index (χ2n) is 7.95. The van der Waals surface area contributed by atoms with Crippen molar-refractivity contribution in [3.8, 4) is 0 Å². The van der Waals surface area contributed by atoms with Gasteiger partial charge in [0.1, 0.15) is 0 Å². The van der Waals surface area contributed by atoms with Crippen molar-refractivity contribution in [2.45, 2.75) is 63.9 Å². The molecule has 25 heavy (non-hydrogen) atoms. The van der Waals surface area contributed by atoms with E-state index in [0.717, 1.165) is 5.56 Å². The van der Waals surface area contributed by atoms with E-state index in [4.69, 9.17) is 4.43 Å². The molecule has 1 aromatic rings. The van der Waals surface area contributed by atoms with Crippen molar-refractivity contribution < 1.29 is 9.22 Å². The normalized spacial score (nSPS) is 14.4. The molecule has 0 bridgehead atoms. The molecule has 0 saturated heterocycles. The summed E-state index contributed by atoms with van der Waals surface area (Å²) in [4.78, 5) is 11.8. The minimum Gasteiger partial charge on any atom is -0.410 e. The third-order valence-electron chi connectivity index (χ3n) is 4.90. The van der Waals surface area contributed by atoms with Crippen molar-refractivity contribution >= 4 is 14.2 Å². The molecule has 3 nitrogen and oxygen atoms in total. The highest BCUT2D eigenvalue weighted by atomic mass is 28.4. The van der Waals surface area contributed by atoms with Crippen LogP contribution in [0, 0.1) is 0 Å². The second kappa shape index (κ2) is 9.16. The number of nitrogens with one attached hydrogen (secondary N) is 1. The van der Waals surface area contributed by atoms with Crippen molar-refractivity contribution in [2.24, 2.45) is 0 Å². The van der Waals surface area contributed by atoms with E-state index in [1.54, 1.807) is 0 Å². The van der Waals surface area contributed by atoms with Crippen LogP contribution in [-0.2, 0) is 9.22 Å². The van der Waals surface area contributed by atoms with Gasteiger partial charge in [-0.3, -0.25) is 4.79 Å². The van der Waals surface area contributed by atoms with Gasteiger partial charge in [-0.15, -0.1) is 6.58 Å². The first-order valence-electron chi connectivity index (χ1n) is 8.87. The molecule has 0 aromatic heterocycles. The summed E-state index contributed by atoms with van der Waals surface area (Å²) in [5.41, 5.74) is 1.15. The van der Waals surface area contributed by atoms with E-state index in [1.165, 1.54) is 6.08 Å². The lowest BCUT2D eigenvalue weighted by Crippen LogP contribution is -2.43. The Bertz CT molecular complexity index is 575. The molecule has 0 fully saturated rings. The molecule has 0 aliphatic rings. The highest BCUT2D eigenvalue weighted by Gasteiger charge is 2.39. The van der Waals surface area contributed by atoms with E-state index in [1.807, 2.05) is 24.3 Å². The van der Waals surface area contributed by atoms with Gasteiger partial charge in [0, 0.05) is 6.04 Å². The van der Waals surface area contributed by atoms with Crippen molar-refractivity contribution in [2.75, 3.05) is 0 Å². The quantitative estimate of drug-likeness (QED) is 0.365. The van der Waals surface area contributed by atoms with Crippen molar-refractivity contribution in [1.82, 2.24) is 5.32 Å². The summed E-state index contributed by atoms with van der Waals surface area (Å²) < 4.78 is 6.71. The lowest BCUT2D eigenvalue weighted by molar-refractivity contribution is -0.117. The Balaban J connectivity index is 3.07. The zero-order valence-electron chi connectivity index (χ0n) is 16.3. The predicted molar refractivity (Wildman–Crippen MR) is 109 cm³/mol. The standard InChI is InChI=1S/C21H33NO2Si/c1-8-13-18(22-20(23)9-2)16-19(17-14-11-10-12-15-17)24-25(6,7)21(3,4)5/h8-12,14-15,18-19H,1-2,13,16H2,3-7H3,(H,22,23)/t18-,19+/m0/s1. The van der Waals surface area contributed by atoms with E-state index < -0.39 is 8.32 Å². The van der Waals surface area contributed by atoms with Gasteiger partial charge in [0.15, 0.2) is 8.32 Å². The predicted octanol–water partition coefficient (Wildman–Crippen LogP) is 5.39. The van der Waals surface area contributed by atoms with Gasteiger partial charge in [-0.1, -0.05) is 63.8 Å². The smallest absolute Gasteiger partial charge is 0.243 e. The molecule has 0 spiro atoms. The number of rotatable bonds is 9.